The third kappa shape index (κ3) is 4.64. The number of fused-ring (bicyclic) bond motifs is 3. The second-order valence-electron chi connectivity index (χ2n) is 8.57. The molecule has 36 heavy (non-hydrogen) atoms. The number of hydrogen-bond acceptors (Lipinski definition) is 6. The molecule has 4 aromatic rings. The highest BCUT2D eigenvalue weighted by molar-refractivity contribution is 7.15. The maximum atomic E-state index is 12.9. The van der Waals surface area contributed by atoms with Gasteiger partial charge in [-0.15, -0.1) is 21.5 Å². The summed E-state index contributed by atoms with van der Waals surface area (Å²) in [5.41, 5.74) is 7.98. The van der Waals surface area contributed by atoms with E-state index in [0.717, 1.165) is 38.8 Å². The average Bonchev–Trinajstić information content (AvgIpc) is 3.33. The van der Waals surface area contributed by atoms with E-state index in [1.165, 1.54) is 4.88 Å². The number of aryl methyl sites for hydroxylation is 2. The van der Waals surface area contributed by atoms with Crippen LogP contribution < -0.4 is 10.9 Å². The molecule has 1 amide bonds. The van der Waals surface area contributed by atoms with Crippen molar-refractivity contribution in [1.82, 2.24) is 20.2 Å². The van der Waals surface area contributed by atoms with E-state index in [2.05, 4.69) is 34.6 Å². The molecule has 0 spiro atoms. The number of nitrogens with zero attached hydrogens (tertiary/aromatic N) is 5. The van der Waals surface area contributed by atoms with Crippen LogP contribution in [0.3, 0.4) is 0 Å². The highest BCUT2D eigenvalue weighted by Gasteiger charge is 2.32. The molecule has 5 rings (SSSR count). The number of carbonyl (C=O) groups is 1. The molecule has 1 atom stereocenters. The zero-order chi connectivity index (χ0) is 25.4. The quantitative estimate of drug-likeness (QED) is 0.248. The summed E-state index contributed by atoms with van der Waals surface area (Å²) in [6.45, 7) is 6.10. The van der Waals surface area contributed by atoms with Crippen molar-refractivity contribution in [3.05, 3.63) is 92.3 Å². The number of aromatic nitrogens is 3. The minimum Gasteiger partial charge on any atom is -0.273 e. The normalized spacial score (nSPS) is 14.8. The monoisotopic (exact) mass is 512 g/mol. The highest BCUT2D eigenvalue weighted by atomic mass is 35.5. The summed E-state index contributed by atoms with van der Waals surface area (Å²) in [5, 5.41) is 14.5. The number of amides is 1. The standard InChI is InChI=1S/C26H22BClN6OS/c1-14-15(2)36-26-23(14)24(18-6-10-20(28)11-7-18)30-21(25-33-31-16(3)34(25)26)12-22(35)32-29-13-17-4-8-19(27)9-5-17/h4-11,13,21H,12H2,1-3H3,(H,32,35). The third-order valence-corrected chi connectivity index (χ3v) is 7.52. The fourth-order valence-corrected chi connectivity index (χ4v) is 5.45. The van der Waals surface area contributed by atoms with E-state index in [4.69, 9.17) is 24.4 Å². The molecule has 2 radical (unpaired) electrons. The lowest BCUT2D eigenvalue weighted by molar-refractivity contribution is -0.121. The number of hydrogen-bond donors (Lipinski definition) is 1. The summed E-state index contributed by atoms with van der Waals surface area (Å²) >= 11 is 7.83. The second kappa shape index (κ2) is 9.83. The van der Waals surface area contributed by atoms with E-state index in [9.17, 15) is 4.79 Å². The van der Waals surface area contributed by atoms with Crippen molar-refractivity contribution in [3.63, 3.8) is 0 Å². The molecule has 0 saturated carbocycles. The van der Waals surface area contributed by atoms with E-state index in [-0.39, 0.29) is 12.3 Å². The summed E-state index contributed by atoms with van der Waals surface area (Å²) in [7, 11) is 5.72. The Hall–Kier alpha value is -3.56. The van der Waals surface area contributed by atoms with Gasteiger partial charge in [-0.1, -0.05) is 53.5 Å². The molecule has 178 valence electrons. The van der Waals surface area contributed by atoms with Crippen LogP contribution in [0.1, 0.15) is 51.2 Å². The molecule has 0 bridgehead atoms. The van der Waals surface area contributed by atoms with Gasteiger partial charge in [-0.25, -0.2) is 5.43 Å². The highest BCUT2D eigenvalue weighted by Crippen LogP contribution is 2.39. The van der Waals surface area contributed by atoms with Crippen LogP contribution in [-0.4, -0.2) is 40.4 Å². The maximum absolute atomic E-state index is 12.9. The van der Waals surface area contributed by atoms with Crippen LogP contribution in [0.2, 0.25) is 5.02 Å². The largest absolute Gasteiger partial charge is 0.273 e. The molecular formula is C26H22BClN6OS. The summed E-state index contributed by atoms with van der Waals surface area (Å²) in [5.74, 6) is 1.08. The molecule has 3 heterocycles. The number of halogens is 1. The minimum atomic E-state index is -0.553. The Labute approximate surface area is 219 Å². The Morgan fingerprint density at radius 3 is 2.58 bits per heavy atom. The number of hydrazone groups is 1. The predicted octanol–water partition coefficient (Wildman–Crippen LogP) is 4.13. The zero-order valence-corrected chi connectivity index (χ0v) is 21.6. The van der Waals surface area contributed by atoms with Crippen molar-refractivity contribution in [3.8, 4) is 5.00 Å². The van der Waals surface area contributed by atoms with Gasteiger partial charge < -0.3 is 0 Å². The van der Waals surface area contributed by atoms with Crippen LogP contribution in [0.5, 0.6) is 0 Å². The van der Waals surface area contributed by atoms with Crippen molar-refractivity contribution in [1.29, 1.82) is 0 Å². The summed E-state index contributed by atoms with van der Waals surface area (Å²) in [4.78, 5) is 19.2. The van der Waals surface area contributed by atoms with E-state index in [1.54, 1.807) is 29.7 Å². The van der Waals surface area contributed by atoms with Gasteiger partial charge in [0.15, 0.2) is 5.82 Å². The lowest BCUT2D eigenvalue weighted by Crippen LogP contribution is -2.21. The first-order valence-electron chi connectivity index (χ1n) is 11.4. The fraction of sp³-hybridized carbons (Fsp3) is 0.192. The lowest BCUT2D eigenvalue weighted by Gasteiger charge is -2.12. The molecule has 1 N–H and O–H groups in total. The van der Waals surface area contributed by atoms with Crippen molar-refractivity contribution in [2.24, 2.45) is 10.1 Å². The number of benzene rings is 2. The Morgan fingerprint density at radius 2 is 1.86 bits per heavy atom. The topological polar surface area (TPSA) is 84.5 Å². The molecule has 0 saturated heterocycles. The van der Waals surface area contributed by atoms with Gasteiger partial charge in [0.05, 0.1) is 18.3 Å². The molecule has 2 aromatic carbocycles. The van der Waals surface area contributed by atoms with Gasteiger partial charge in [-0.2, -0.15) is 5.10 Å². The Morgan fingerprint density at radius 1 is 1.14 bits per heavy atom. The van der Waals surface area contributed by atoms with E-state index >= 15 is 0 Å². The van der Waals surface area contributed by atoms with Gasteiger partial charge in [-0.3, -0.25) is 14.4 Å². The van der Waals surface area contributed by atoms with Crippen LogP contribution in [0.15, 0.2) is 58.6 Å². The first kappa shape index (κ1) is 24.2. The summed E-state index contributed by atoms with van der Waals surface area (Å²) in [6, 6.07) is 14.2. The molecule has 7 nitrogen and oxygen atoms in total. The van der Waals surface area contributed by atoms with Gasteiger partial charge in [0.2, 0.25) is 5.91 Å². The SMILES string of the molecule is [B]c1ccc(C=NNC(=O)CC2N=C(c3ccc(Cl)cc3)c3c(sc(C)c3C)-n3c(C)nnc32)cc1. The third-order valence-electron chi connectivity index (χ3n) is 6.08. The molecule has 0 fully saturated rings. The van der Waals surface area contributed by atoms with Crippen molar-refractivity contribution in [2.75, 3.05) is 0 Å². The minimum absolute atomic E-state index is 0.0568. The first-order chi connectivity index (χ1) is 17.3. The van der Waals surface area contributed by atoms with Crippen molar-refractivity contribution >= 4 is 54.1 Å². The van der Waals surface area contributed by atoms with Crippen LogP contribution in [0.4, 0.5) is 0 Å². The molecule has 1 unspecified atom stereocenters. The molecule has 2 aromatic heterocycles. The van der Waals surface area contributed by atoms with Gasteiger partial charge in [-0.05, 0) is 44.0 Å². The molecule has 1 aliphatic heterocycles. The number of thiophene rings is 1. The van der Waals surface area contributed by atoms with E-state index in [0.29, 0.717) is 16.3 Å². The van der Waals surface area contributed by atoms with Crippen LogP contribution in [-0.2, 0) is 4.79 Å². The second-order valence-corrected chi connectivity index (χ2v) is 10.2. The zero-order valence-electron chi connectivity index (χ0n) is 20.0. The number of nitrogens with one attached hydrogen (secondary N) is 1. The van der Waals surface area contributed by atoms with E-state index < -0.39 is 6.04 Å². The molecule has 1 aliphatic rings. The Kier molecular flexibility index (Phi) is 6.60. The van der Waals surface area contributed by atoms with Crippen LogP contribution in [0, 0.1) is 20.8 Å². The summed E-state index contributed by atoms with van der Waals surface area (Å²) < 4.78 is 2.02. The van der Waals surface area contributed by atoms with Crippen molar-refractivity contribution in [2.45, 2.75) is 33.2 Å². The predicted molar refractivity (Wildman–Crippen MR) is 145 cm³/mol. The molecule has 0 aliphatic carbocycles. The van der Waals surface area contributed by atoms with Crippen LogP contribution in [0.25, 0.3) is 5.00 Å². The van der Waals surface area contributed by atoms with Gasteiger partial charge in [0.1, 0.15) is 24.7 Å². The van der Waals surface area contributed by atoms with Gasteiger partial charge in [0, 0.05) is 21.0 Å². The van der Waals surface area contributed by atoms with Crippen molar-refractivity contribution < 1.29 is 4.79 Å². The van der Waals surface area contributed by atoms with Crippen LogP contribution >= 0.6 is 22.9 Å². The Bertz CT molecular complexity index is 1500. The average molecular weight is 513 g/mol. The summed E-state index contributed by atoms with van der Waals surface area (Å²) in [6.07, 6.45) is 1.63. The number of rotatable bonds is 5. The number of carbonyl (C=O) groups excluding carboxylic acids is 1. The first-order valence-corrected chi connectivity index (χ1v) is 12.5. The smallest absolute Gasteiger partial charge is 0.242 e. The molecular weight excluding hydrogens is 491 g/mol. The Balaban J connectivity index is 1.52. The fourth-order valence-electron chi connectivity index (χ4n) is 4.11. The van der Waals surface area contributed by atoms with Gasteiger partial charge in [0.25, 0.3) is 0 Å². The van der Waals surface area contributed by atoms with E-state index in [1.807, 2.05) is 47.9 Å². The maximum Gasteiger partial charge on any atom is 0.242 e. The number of aliphatic imine (C=N–C) groups is 1. The van der Waals surface area contributed by atoms with Gasteiger partial charge >= 0.3 is 0 Å². The molecule has 10 heteroatoms. The lowest BCUT2D eigenvalue weighted by atomic mass is 9.96.